The number of carbonyl (C=O) groups is 2. The molecule has 2 N–H and O–H groups in total. The summed E-state index contributed by atoms with van der Waals surface area (Å²) in [6.45, 7) is 5.05. The van der Waals surface area contributed by atoms with Crippen molar-refractivity contribution in [2.45, 2.75) is 33.3 Å². The summed E-state index contributed by atoms with van der Waals surface area (Å²) in [6, 6.07) is 0. The Morgan fingerprint density at radius 1 is 1.33 bits per heavy atom. The van der Waals surface area contributed by atoms with E-state index in [-0.39, 0.29) is 12.2 Å². The molecule has 70 valence electrons. The van der Waals surface area contributed by atoms with Gasteiger partial charge in [-0.25, -0.2) is 4.79 Å². The van der Waals surface area contributed by atoms with Gasteiger partial charge in [0.15, 0.2) is 6.10 Å². The molecule has 0 saturated carbocycles. The van der Waals surface area contributed by atoms with Crippen LogP contribution >= 0.6 is 0 Å². The average Bonchev–Trinajstić information content (AvgIpc) is 1.85. The zero-order valence-electron chi connectivity index (χ0n) is 7.50. The third-order valence-corrected chi connectivity index (χ3v) is 1.50. The molecule has 0 aliphatic rings. The van der Waals surface area contributed by atoms with E-state index in [2.05, 4.69) is 0 Å². The van der Waals surface area contributed by atoms with Gasteiger partial charge in [0.05, 0.1) is 0 Å². The molecular weight excluding hydrogens is 160 g/mol. The van der Waals surface area contributed by atoms with E-state index in [0.717, 1.165) is 0 Å². The summed E-state index contributed by atoms with van der Waals surface area (Å²) >= 11 is 0. The molecule has 0 rings (SSSR count). The third kappa shape index (κ3) is 3.48. The lowest BCUT2D eigenvalue weighted by atomic mass is 9.88. The topological polar surface area (TPSA) is 74.6 Å². The van der Waals surface area contributed by atoms with Crippen molar-refractivity contribution in [3.8, 4) is 0 Å². The van der Waals surface area contributed by atoms with E-state index in [1.807, 2.05) is 0 Å². The molecule has 0 aliphatic heterocycles. The highest BCUT2D eigenvalue weighted by Gasteiger charge is 2.26. The summed E-state index contributed by atoms with van der Waals surface area (Å²) in [6.07, 6.45) is -1.89. The molecule has 0 saturated heterocycles. The number of hydrogen-bond acceptors (Lipinski definition) is 3. The van der Waals surface area contributed by atoms with Gasteiger partial charge in [-0.1, -0.05) is 20.8 Å². The van der Waals surface area contributed by atoms with Crippen molar-refractivity contribution in [1.82, 2.24) is 0 Å². The van der Waals surface area contributed by atoms with E-state index in [1.165, 1.54) is 0 Å². The highest BCUT2D eigenvalue weighted by molar-refractivity contribution is 5.88. The zero-order valence-corrected chi connectivity index (χ0v) is 7.50. The van der Waals surface area contributed by atoms with Gasteiger partial charge in [-0.05, 0) is 0 Å². The molecule has 0 amide bonds. The second-order valence-corrected chi connectivity index (χ2v) is 3.73. The number of ketones is 1. The quantitative estimate of drug-likeness (QED) is 0.651. The number of carboxylic acids is 1. The van der Waals surface area contributed by atoms with E-state index in [1.54, 1.807) is 20.8 Å². The Morgan fingerprint density at radius 2 is 1.75 bits per heavy atom. The monoisotopic (exact) mass is 174 g/mol. The molecule has 0 fully saturated rings. The number of aliphatic hydroxyl groups excluding tert-OH is 1. The van der Waals surface area contributed by atoms with Gasteiger partial charge >= 0.3 is 5.97 Å². The van der Waals surface area contributed by atoms with Gasteiger partial charge in [0, 0.05) is 11.8 Å². The predicted octanol–water partition coefficient (Wildman–Crippen LogP) is 0.437. The highest BCUT2D eigenvalue weighted by atomic mass is 16.4. The first-order chi connectivity index (χ1) is 5.25. The second kappa shape index (κ2) is 3.67. The number of carbonyl (C=O) groups excluding carboxylic acids is 1. The van der Waals surface area contributed by atoms with E-state index >= 15 is 0 Å². The van der Waals surface area contributed by atoms with Crippen LogP contribution in [0.1, 0.15) is 27.2 Å². The van der Waals surface area contributed by atoms with Gasteiger partial charge in [-0.3, -0.25) is 4.79 Å². The molecule has 12 heavy (non-hydrogen) atoms. The van der Waals surface area contributed by atoms with E-state index < -0.39 is 17.5 Å². The maximum Gasteiger partial charge on any atom is 0.332 e. The SMILES string of the molecule is CC(C)(C)C(=O)C[C@H](O)C(=O)O. The molecule has 0 aliphatic carbocycles. The van der Waals surface area contributed by atoms with Crippen molar-refractivity contribution < 1.29 is 19.8 Å². The first-order valence-corrected chi connectivity index (χ1v) is 3.69. The fraction of sp³-hybridized carbons (Fsp3) is 0.750. The minimum Gasteiger partial charge on any atom is -0.479 e. The summed E-state index contributed by atoms with van der Waals surface area (Å²) in [4.78, 5) is 21.3. The smallest absolute Gasteiger partial charge is 0.332 e. The number of aliphatic carboxylic acids is 1. The molecule has 4 heteroatoms. The largest absolute Gasteiger partial charge is 0.479 e. The molecule has 1 atom stereocenters. The Kier molecular flexibility index (Phi) is 3.39. The Bertz CT molecular complexity index is 190. The Hall–Kier alpha value is -0.900. The van der Waals surface area contributed by atoms with Crippen molar-refractivity contribution in [3.05, 3.63) is 0 Å². The van der Waals surface area contributed by atoms with Gasteiger partial charge in [-0.15, -0.1) is 0 Å². The number of Topliss-reactive ketones (excluding diaryl/α,β-unsaturated/α-hetero) is 1. The minimum atomic E-state index is -1.57. The number of carboxylic acid groups (broad SMARTS) is 1. The molecule has 0 bridgehead atoms. The van der Waals surface area contributed by atoms with Crippen LogP contribution in [0.5, 0.6) is 0 Å². The third-order valence-electron chi connectivity index (χ3n) is 1.50. The minimum absolute atomic E-state index is 0.252. The molecule has 0 heterocycles. The summed E-state index contributed by atoms with van der Waals surface area (Å²) in [5, 5.41) is 17.1. The van der Waals surface area contributed by atoms with Gasteiger partial charge in [0.1, 0.15) is 5.78 Å². The summed E-state index contributed by atoms with van der Waals surface area (Å²) in [5.41, 5.74) is -0.587. The number of rotatable bonds is 3. The fourth-order valence-corrected chi connectivity index (χ4v) is 0.569. The van der Waals surface area contributed by atoms with Crippen molar-refractivity contribution in [2.24, 2.45) is 5.41 Å². The van der Waals surface area contributed by atoms with Crippen LogP contribution in [0.3, 0.4) is 0 Å². The van der Waals surface area contributed by atoms with Gasteiger partial charge in [0.25, 0.3) is 0 Å². The molecular formula is C8H14O4. The molecule has 0 aromatic heterocycles. The molecule has 0 unspecified atom stereocenters. The van der Waals surface area contributed by atoms with Crippen LogP contribution in [0.15, 0.2) is 0 Å². The number of aliphatic hydroxyl groups is 1. The van der Waals surface area contributed by atoms with Crippen molar-refractivity contribution in [1.29, 1.82) is 0 Å². The van der Waals surface area contributed by atoms with Crippen molar-refractivity contribution >= 4 is 11.8 Å². The Balaban J connectivity index is 4.11. The van der Waals surface area contributed by atoms with Gasteiger partial charge < -0.3 is 10.2 Å². The van der Waals surface area contributed by atoms with Crippen LogP contribution in [0.25, 0.3) is 0 Å². The fourth-order valence-electron chi connectivity index (χ4n) is 0.569. The van der Waals surface area contributed by atoms with Crippen LogP contribution in [-0.4, -0.2) is 28.1 Å². The molecule has 4 nitrogen and oxygen atoms in total. The predicted molar refractivity (Wildman–Crippen MR) is 42.7 cm³/mol. The zero-order chi connectivity index (χ0) is 9.94. The van der Waals surface area contributed by atoms with Crippen molar-refractivity contribution in [2.75, 3.05) is 0 Å². The van der Waals surface area contributed by atoms with Crippen LogP contribution in [0.2, 0.25) is 0 Å². The first-order valence-electron chi connectivity index (χ1n) is 3.69. The maximum absolute atomic E-state index is 11.2. The molecule has 0 spiro atoms. The second-order valence-electron chi connectivity index (χ2n) is 3.73. The molecule has 0 aromatic rings. The lowest BCUT2D eigenvalue weighted by Crippen LogP contribution is -2.29. The van der Waals surface area contributed by atoms with E-state index in [0.29, 0.717) is 0 Å². The van der Waals surface area contributed by atoms with Crippen LogP contribution < -0.4 is 0 Å². The van der Waals surface area contributed by atoms with Crippen molar-refractivity contribution in [3.63, 3.8) is 0 Å². The standard InChI is InChI=1S/C8H14O4/c1-8(2,3)6(10)4-5(9)7(11)12/h5,9H,4H2,1-3H3,(H,11,12)/t5-/m0/s1. The lowest BCUT2D eigenvalue weighted by Gasteiger charge is -2.17. The molecule has 0 radical (unpaired) electrons. The first kappa shape index (κ1) is 11.1. The summed E-state index contributed by atoms with van der Waals surface area (Å²) < 4.78 is 0. The maximum atomic E-state index is 11.2. The summed E-state index contributed by atoms with van der Waals surface area (Å²) in [5.74, 6) is -1.61. The lowest BCUT2D eigenvalue weighted by molar-refractivity contribution is -0.149. The van der Waals surface area contributed by atoms with E-state index in [4.69, 9.17) is 10.2 Å². The average molecular weight is 174 g/mol. The Morgan fingerprint density at radius 3 is 2.00 bits per heavy atom. The van der Waals surface area contributed by atoms with Gasteiger partial charge in [-0.2, -0.15) is 0 Å². The Labute approximate surface area is 71.2 Å². The normalized spacial score (nSPS) is 14.0. The van der Waals surface area contributed by atoms with Crippen LogP contribution in [0, 0.1) is 5.41 Å². The van der Waals surface area contributed by atoms with Crippen LogP contribution in [0.4, 0.5) is 0 Å². The number of hydrogen-bond donors (Lipinski definition) is 2. The van der Waals surface area contributed by atoms with Crippen LogP contribution in [-0.2, 0) is 9.59 Å². The summed E-state index contributed by atoms with van der Waals surface area (Å²) in [7, 11) is 0. The van der Waals surface area contributed by atoms with E-state index in [9.17, 15) is 9.59 Å². The van der Waals surface area contributed by atoms with Gasteiger partial charge in [0.2, 0.25) is 0 Å². The highest BCUT2D eigenvalue weighted by Crippen LogP contribution is 2.17. The molecule has 0 aromatic carbocycles.